The van der Waals surface area contributed by atoms with Crippen LogP contribution in [0.25, 0.3) is 11.1 Å². The normalized spacial score (nSPS) is 21.7. The maximum Gasteiger partial charge on any atom is 0.410 e. The second-order valence-corrected chi connectivity index (χ2v) is 10.4. The van der Waals surface area contributed by atoms with Crippen molar-refractivity contribution in [1.82, 2.24) is 15.1 Å². The largest absolute Gasteiger partial charge is 0.480 e. The number of carboxylic acids is 1. The second kappa shape index (κ2) is 11.1. The summed E-state index contributed by atoms with van der Waals surface area (Å²) in [5, 5.41) is 21.4. The van der Waals surface area contributed by atoms with Crippen LogP contribution in [0.1, 0.15) is 49.7 Å². The van der Waals surface area contributed by atoms with Gasteiger partial charge in [0.2, 0.25) is 11.8 Å². The summed E-state index contributed by atoms with van der Waals surface area (Å²) in [4.78, 5) is 53.9. The van der Waals surface area contributed by atoms with Gasteiger partial charge < -0.3 is 25.2 Å². The molecule has 0 unspecified atom stereocenters. The number of aliphatic carboxylic acids is 1. The fourth-order valence-corrected chi connectivity index (χ4v) is 6.05. The first-order valence-electron chi connectivity index (χ1n) is 13.4. The fourth-order valence-electron chi connectivity index (χ4n) is 6.05. The summed E-state index contributed by atoms with van der Waals surface area (Å²) in [6, 6.07) is 13.0. The highest BCUT2D eigenvalue weighted by Gasteiger charge is 2.43. The summed E-state index contributed by atoms with van der Waals surface area (Å²) in [6.07, 6.45) is 0.187. The lowest BCUT2D eigenvalue weighted by Gasteiger charge is -2.31. The molecule has 0 radical (unpaired) electrons. The van der Waals surface area contributed by atoms with Gasteiger partial charge in [-0.1, -0.05) is 48.5 Å². The minimum absolute atomic E-state index is 0.0964. The van der Waals surface area contributed by atoms with Crippen molar-refractivity contribution < 1.29 is 34.1 Å². The minimum atomic E-state index is -1.47. The van der Waals surface area contributed by atoms with Gasteiger partial charge >= 0.3 is 12.1 Å². The zero-order chi connectivity index (χ0) is 27.7. The molecule has 39 heavy (non-hydrogen) atoms. The van der Waals surface area contributed by atoms with Crippen LogP contribution < -0.4 is 5.32 Å². The van der Waals surface area contributed by atoms with Crippen LogP contribution in [0.4, 0.5) is 4.79 Å². The number of hydrogen-bond acceptors (Lipinski definition) is 6. The zero-order valence-corrected chi connectivity index (χ0v) is 21.8. The number of aliphatic hydroxyl groups is 1. The van der Waals surface area contributed by atoms with Crippen LogP contribution >= 0.6 is 0 Å². The van der Waals surface area contributed by atoms with Gasteiger partial charge in [-0.25, -0.2) is 9.59 Å². The average Bonchev–Trinajstić information content (AvgIpc) is 3.67. The summed E-state index contributed by atoms with van der Waals surface area (Å²) in [6.45, 7) is 2.13. The third-order valence-electron chi connectivity index (χ3n) is 7.99. The summed E-state index contributed by atoms with van der Waals surface area (Å²) in [5.41, 5.74) is 4.46. The van der Waals surface area contributed by atoms with E-state index in [0.717, 1.165) is 22.3 Å². The Bertz CT molecular complexity index is 1230. The number of nitrogens with zero attached hydrogens (tertiary/aromatic N) is 2. The number of rotatable bonds is 7. The first-order chi connectivity index (χ1) is 18.8. The third-order valence-corrected chi connectivity index (χ3v) is 7.99. The zero-order valence-electron chi connectivity index (χ0n) is 21.8. The fraction of sp³-hybridized carbons (Fsp3) is 0.448. The molecule has 3 amide bonds. The summed E-state index contributed by atoms with van der Waals surface area (Å²) < 4.78 is 5.79. The molecule has 4 atom stereocenters. The average molecular weight is 536 g/mol. The van der Waals surface area contributed by atoms with Crippen LogP contribution in [0.5, 0.6) is 0 Å². The van der Waals surface area contributed by atoms with Gasteiger partial charge in [0.1, 0.15) is 18.7 Å². The van der Waals surface area contributed by atoms with Crippen LogP contribution in [-0.4, -0.2) is 87.8 Å². The van der Waals surface area contributed by atoms with E-state index in [4.69, 9.17) is 4.74 Å². The number of hydrogen-bond donors (Lipinski definition) is 3. The monoisotopic (exact) mass is 535 g/mol. The van der Waals surface area contributed by atoms with E-state index in [-0.39, 0.29) is 18.4 Å². The minimum Gasteiger partial charge on any atom is -0.480 e. The number of amides is 3. The molecule has 5 rings (SSSR count). The van der Waals surface area contributed by atoms with Crippen LogP contribution in [0, 0.1) is 0 Å². The van der Waals surface area contributed by atoms with Crippen molar-refractivity contribution in [3.63, 3.8) is 0 Å². The van der Waals surface area contributed by atoms with Gasteiger partial charge in [-0.2, -0.15) is 0 Å². The molecule has 3 N–H and O–H groups in total. The lowest BCUT2D eigenvalue weighted by Crippen LogP contribution is -2.56. The Kier molecular flexibility index (Phi) is 7.56. The molecule has 1 aliphatic carbocycles. The Morgan fingerprint density at radius 3 is 2.08 bits per heavy atom. The van der Waals surface area contributed by atoms with Gasteiger partial charge in [-0.05, 0) is 54.9 Å². The molecule has 0 spiro atoms. The van der Waals surface area contributed by atoms with E-state index in [9.17, 15) is 29.4 Å². The van der Waals surface area contributed by atoms with Crippen LogP contribution in [0.15, 0.2) is 48.5 Å². The molecule has 206 valence electrons. The van der Waals surface area contributed by atoms with Crippen molar-refractivity contribution in [3.05, 3.63) is 59.7 Å². The van der Waals surface area contributed by atoms with Crippen molar-refractivity contribution >= 4 is 23.9 Å². The number of aliphatic hydroxyl groups excluding tert-OH is 1. The summed E-state index contributed by atoms with van der Waals surface area (Å²) in [5.74, 6) is -2.42. The highest BCUT2D eigenvalue weighted by atomic mass is 16.6. The first kappa shape index (κ1) is 26.7. The standard InChI is InChI=1S/C29H33N3O7/c1-17(33)25(28(36)37)30-26(34)23-12-6-14-31(23)27(35)24-13-7-15-32(24)29(38)39-16-22-20-10-4-2-8-18(20)19-9-3-5-11-21(19)22/h2-5,8-11,17,22-25,33H,6-7,12-16H2,1H3,(H,30,34)(H,36,37)/t17-,23+,24+,25+/m0/s1. The van der Waals surface area contributed by atoms with Gasteiger partial charge in [0, 0.05) is 19.0 Å². The van der Waals surface area contributed by atoms with Gasteiger partial charge in [-0.3, -0.25) is 14.5 Å². The molecule has 2 saturated heterocycles. The Labute approximate surface area is 226 Å². The topological polar surface area (TPSA) is 136 Å². The van der Waals surface area contributed by atoms with E-state index in [0.29, 0.717) is 38.8 Å². The highest BCUT2D eigenvalue weighted by molar-refractivity contribution is 5.93. The van der Waals surface area contributed by atoms with Crippen LogP contribution in [-0.2, 0) is 19.1 Å². The summed E-state index contributed by atoms with van der Waals surface area (Å²) in [7, 11) is 0. The predicted molar refractivity (Wildman–Crippen MR) is 141 cm³/mol. The lowest BCUT2D eigenvalue weighted by atomic mass is 9.98. The molecule has 2 aromatic carbocycles. The number of ether oxygens (including phenoxy) is 1. The second-order valence-electron chi connectivity index (χ2n) is 10.4. The van der Waals surface area contributed by atoms with Gasteiger partial charge in [0.25, 0.3) is 0 Å². The van der Waals surface area contributed by atoms with Crippen molar-refractivity contribution in [2.24, 2.45) is 0 Å². The maximum atomic E-state index is 13.5. The van der Waals surface area contributed by atoms with E-state index < -0.39 is 42.2 Å². The SMILES string of the molecule is C[C@H](O)[C@@H](NC(=O)[C@H]1CCCN1C(=O)[C@H]1CCCN1C(=O)OCC1c2ccccc2-c2ccccc21)C(=O)O. The molecule has 0 aromatic heterocycles. The van der Waals surface area contributed by atoms with E-state index in [2.05, 4.69) is 17.4 Å². The molecule has 10 heteroatoms. The van der Waals surface area contributed by atoms with Crippen molar-refractivity contribution in [2.75, 3.05) is 19.7 Å². The Morgan fingerprint density at radius 1 is 0.923 bits per heavy atom. The highest BCUT2D eigenvalue weighted by Crippen LogP contribution is 2.44. The van der Waals surface area contributed by atoms with Gasteiger partial charge in [-0.15, -0.1) is 0 Å². The third kappa shape index (κ3) is 5.08. The van der Waals surface area contributed by atoms with Crippen LogP contribution in [0.3, 0.4) is 0 Å². The number of fused-ring (bicyclic) bond motifs is 3. The molecule has 2 fully saturated rings. The molecule has 2 aliphatic heterocycles. The van der Waals surface area contributed by atoms with Crippen molar-refractivity contribution in [3.8, 4) is 11.1 Å². The number of benzene rings is 2. The van der Waals surface area contributed by atoms with Crippen molar-refractivity contribution in [2.45, 2.75) is 62.8 Å². The number of carboxylic acid groups (broad SMARTS) is 1. The van der Waals surface area contributed by atoms with Crippen LogP contribution in [0.2, 0.25) is 0 Å². The maximum absolute atomic E-state index is 13.5. The summed E-state index contributed by atoms with van der Waals surface area (Å²) >= 11 is 0. The van der Waals surface area contributed by atoms with Gasteiger partial charge in [0.05, 0.1) is 6.10 Å². The van der Waals surface area contributed by atoms with E-state index >= 15 is 0 Å². The number of carbonyl (C=O) groups excluding carboxylic acids is 3. The Balaban J connectivity index is 1.25. The van der Waals surface area contributed by atoms with Gasteiger partial charge in [0.15, 0.2) is 6.04 Å². The Hall–Kier alpha value is -3.92. The van der Waals surface area contributed by atoms with E-state index in [1.165, 1.54) is 16.7 Å². The van der Waals surface area contributed by atoms with Crippen molar-refractivity contribution in [1.29, 1.82) is 0 Å². The lowest BCUT2D eigenvalue weighted by molar-refractivity contribution is -0.147. The molecule has 2 aromatic rings. The number of likely N-dealkylation sites (tertiary alicyclic amines) is 2. The smallest absolute Gasteiger partial charge is 0.410 e. The molecular weight excluding hydrogens is 502 g/mol. The molecule has 0 bridgehead atoms. The molecule has 10 nitrogen and oxygen atoms in total. The molecule has 0 saturated carbocycles. The Morgan fingerprint density at radius 2 is 1.49 bits per heavy atom. The number of carbonyl (C=O) groups is 4. The molecule has 3 aliphatic rings. The predicted octanol–water partition coefficient (Wildman–Crippen LogP) is 2.34. The molecular formula is C29H33N3O7. The van der Waals surface area contributed by atoms with E-state index in [1.807, 2.05) is 36.4 Å². The first-order valence-corrected chi connectivity index (χ1v) is 13.4. The quantitative estimate of drug-likeness (QED) is 0.495. The van der Waals surface area contributed by atoms with E-state index in [1.54, 1.807) is 0 Å². The molecule has 2 heterocycles. The number of nitrogens with one attached hydrogen (secondary N) is 1.